The molecule has 98 valence electrons. The standard InChI is InChI=1S/C13H12ClN3O2/c14-9-3-5-10(6-4-9)17-12(18)8-19-11-2-1-7-16-13(11)15/h1-7H,8H2,(H2,15,16)(H,17,18). The first-order valence-electron chi connectivity index (χ1n) is 5.54. The first-order chi connectivity index (χ1) is 9.15. The first kappa shape index (κ1) is 13.2. The lowest BCUT2D eigenvalue weighted by Gasteiger charge is -2.08. The molecule has 0 atom stereocenters. The maximum absolute atomic E-state index is 11.7. The number of halogens is 1. The highest BCUT2D eigenvalue weighted by Crippen LogP contribution is 2.17. The van der Waals surface area contributed by atoms with Gasteiger partial charge >= 0.3 is 0 Å². The number of nitrogens with one attached hydrogen (secondary N) is 1. The van der Waals surface area contributed by atoms with Crippen molar-refractivity contribution in [3.05, 3.63) is 47.6 Å². The average Bonchev–Trinajstić information content (AvgIpc) is 2.40. The van der Waals surface area contributed by atoms with Crippen LogP contribution in [0.2, 0.25) is 5.02 Å². The van der Waals surface area contributed by atoms with Crippen molar-refractivity contribution in [3.8, 4) is 5.75 Å². The molecule has 0 aliphatic rings. The maximum Gasteiger partial charge on any atom is 0.262 e. The summed E-state index contributed by atoms with van der Waals surface area (Å²) in [4.78, 5) is 15.5. The van der Waals surface area contributed by atoms with Crippen LogP contribution in [0.3, 0.4) is 0 Å². The highest BCUT2D eigenvalue weighted by molar-refractivity contribution is 6.30. The minimum absolute atomic E-state index is 0.140. The Morgan fingerprint density at radius 1 is 1.32 bits per heavy atom. The van der Waals surface area contributed by atoms with Crippen molar-refractivity contribution in [2.24, 2.45) is 0 Å². The molecule has 1 amide bonds. The number of carbonyl (C=O) groups excluding carboxylic acids is 1. The van der Waals surface area contributed by atoms with Gasteiger partial charge in [0.05, 0.1) is 0 Å². The molecule has 0 saturated heterocycles. The van der Waals surface area contributed by atoms with Crippen LogP contribution in [-0.4, -0.2) is 17.5 Å². The zero-order valence-electron chi connectivity index (χ0n) is 9.97. The summed E-state index contributed by atoms with van der Waals surface area (Å²) in [6, 6.07) is 10.1. The van der Waals surface area contributed by atoms with Crippen LogP contribution in [-0.2, 0) is 4.79 Å². The summed E-state index contributed by atoms with van der Waals surface area (Å²) in [5.41, 5.74) is 6.24. The van der Waals surface area contributed by atoms with E-state index in [1.165, 1.54) is 0 Å². The monoisotopic (exact) mass is 277 g/mol. The number of anilines is 2. The van der Waals surface area contributed by atoms with Crippen LogP contribution < -0.4 is 15.8 Å². The third-order valence-electron chi connectivity index (χ3n) is 2.29. The van der Waals surface area contributed by atoms with E-state index < -0.39 is 0 Å². The molecule has 2 aromatic rings. The van der Waals surface area contributed by atoms with E-state index in [9.17, 15) is 4.79 Å². The van der Waals surface area contributed by atoms with E-state index >= 15 is 0 Å². The molecule has 6 heteroatoms. The number of rotatable bonds is 4. The van der Waals surface area contributed by atoms with Gasteiger partial charge < -0.3 is 15.8 Å². The van der Waals surface area contributed by atoms with Crippen molar-refractivity contribution in [1.82, 2.24) is 4.98 Å². The number of benzene rings is 1. The lowest BCUT2D eigenvalue weighted by molar-refractivity contribution is -0.118. The number of hydrogen-bond donors (Lipinski definition) is 2. The van der Waals surface area contributed by atoms with Crippen molar-refractivity contribution in [1.29, 1.82) is 0 Å². The minimum atomic E-state index is -0.287. The number of carbonyl (C=O) groups is 1. The number of ether oxygens (including phenoxy) is 1. The molecule has 1 aromatic carbocycles. The lowest BCUT2D eigenvalue weighted by Crippen LogP contribution is -2.20. The molecule has 1 heterocycles. The molecular weight excluding hydrogens is 266 g/mol. The topological polar surface area (TPSA) is 77.2 Å². The van der Waals surface area contributed by atoms with E-state index in [1.54, 1.807) is 42.6 Å². The second-order valence-corrected chi connectivity index (χ2v) is 4.17. The molecule has 0 radical (unpaired) electrons. The fourth-order valence-corrected chi connectivity index (χ4v) is 1.52. The molecule has 0 saturated carbocycles. The lowest BCUT2D eigenvalue weighted by atomic mass is 10.3. The van der Waals surface area contributed by atoms with E-state index in [0.29, 0.717) is 16.5 Å². The maximum atomic E-state index is 11.7. The molecule has 0 unspecified atom stereocenters. The molecule has 0 bridgehead atoms. The van der Waals surface area contributed by atoms with Gasteiger partial charge in [-0.1, -0.05) is 11.6 Å². The van der Waals surface area contributed by atoms with E-state index in [4.69, 9.17) is 22.1 Å². The number of aromatic nitrogens is 1. The Kier molecular flexibility index (Phi) is 4.20. The van der Waals surface area contributed by atoms with Gasteiger partial charge in [0.25, 0.3) is 5.91 Å². The second kappa shape index (κ2) is 6.06. The van der Waals surface area contributed by atoms with Crippen molar-refractivity contribution in [3.63, 3.8) is 0 Å². The van der Waals surface area contributed by atoms with E-state index in [2.05, 4.69) is 10.3 Å². The van der Waals surface area contributed by atoms with Gasteiger partial charge in [0, 0.05) is 16.9 Å². The summed E-state index contributed by atoms with van der Waals surface area (Å²) in [7, 11) is 0. The fraction of sp³-hybridized carbons (Fsp3) is 0.0769. The Bertz CT molecular complexity index is 572. The van der Waals surface area contributed by atoms with Gasteiger partial charge in [-0.2, -0.15) is 0 Å². The van der Waals surface area contributed by atoms with Crippen LogP contribution in [0, 0.1) is 0 Å². The smallest absolute Gasteiger partial charge is 0.262 e. The third kappa shape index (κ3) is 3.86. The molecule has 5 nitrogen and oxygen atoms in total. The molecule has 2 rings (SSSR count). The van der Waals surface area contributed by atoms with Crippen LogP contribution in [0.1, 0.15) is 0 Å². The number of hydrogen-bond acceptors (Lipinski definition) is 4. The summed E-state index contributed by atoms with van der Waals surface area (Å²) >= 11 is 5.75. The number of nitrogens with two attached hydrogens (primary N) is 1. The third-order valence-corrected chi connectivity index (χ3v) is 2.54. The zero-order chi connectivity index (χ0) is 13.7. The molecule has 0 aliphatic heterocycles. The van der Waals surface area contributed by atoms with Crippen LogP contribution in [0.25, 0.3) is 0 Å². The van der Waals surface area contributed by atoms with Crippen LogP contribution in [0.15, 0.2) is 42.6 Å². The van der Waals surface area contributed by atoms with Gasteiger partial charge in [0.1, 0.15) is 0 Å². The fourth-order valence-electron chi connectivity index (χ4n) is 1.40. The number of amides is 1. The summed E-state index contributed by atoms with van der Waals surface area (Å²) in [5, 5.41) is 3.28. The normalized spacial score (nSPS) is 9.95. The van der Waals surface area contributed by atoms with Crippen molar-refractivity contribution < 1.29 is 9.53 Å². The summed E-state index contributed by atoms with van der Waals surface area (Å²) in [6.45, 7) is -0.140. The molecule has 19 heavy (non-hydrogen) atoms. The first-order valence-corrected chi connectivity index (χ1v) is 5.91. The van der Waals surface area contributed by atoms with Gasteiger partial charge in [0.2, 0.25) is 0 Å². The highest BCUT2D eigenvalue weighted by atomic mass is 35.5. The quantitative estimate of drug-likeness (QED) is 0.899. The number of nitrogen functional groups attached to an aromatic ring is 1. The Morgan fingerprint density at radius 3 is 2.74 bits per heavy atom. The molecule has 1 aromatic heterocycles. The Balaban J connectivity index is 1.88. The van der Waals surface area contributed by atoms with Gasteiger partial charge in [-0.15, -0.1) is 0 Å². The number of nitrogens with zero attached hydrogens (tertiary/aromatic N) is 1. The predicted octanol–water partition coefficient (Wildman–Crippen LogP) is 2.33. The van der Waals surface area contributed by atoms with Crippen LogP contribution in [0.5, 0.6) is 5.75 Å². The largest absolute Gasteiger partial charge is 0.480 e. The zero-order valence-corrected chi connectivity index (χ0v) is 10.7. The minimum Gasteiger partial charge on any atom is -0.480 e. The van der Waals surface area contributed by atoms with E-state index in [-0.39, 0.29) is 18.3 Å². The van der Waals surface area contributed by atoms with Crippen molar-refractivity contribution >= 4 is 29.0 Å². The van der Waals surface area contributed by atoms with Gasteiger partial charge in [-0.25, -0.2) is 4.98 Å². The highest BCUT2D eigenvalue weighted by Gasteiger charge is 2.06. The summed E-state index contributed by atoms with van der Waals surface area (Å²) < 4.78 is 5.27. The second-order valence-electron chi connectivity index (χ2n) is 3.73. The predicted molar refractivity (Wildman–Crippen MR) is 74.2 cm³/mol. The SMILES string of the molecule is Nc1ncccc1OCC(=O)Nc1ccc(Cl)cc1. The average molecular weight is 278 g/mol. The van der Waals surface area contributed by atoms with E-state index in [0.717, 1.165) is 0 Å². The van der Waals surface area contributed by atoms with Gasteiger partial charge in [-0.3, -0.25) is 4.79 Å². The Labute approximate surface area is 115 Å². The van der Waals surface area contributed by atoms with Crippen LogP contribution >= 0.6 is 11.6 Å². The number of pyridine rings is 1. The van der Waals surface area contributed by atoms with Crippen LogP contribution in [0.4, 0.5) is 11.5 Å². The van der Waals surface area contributed by atoms with Crippen molar-refractivity contribution in [2.45, 2.75) is 0 Å². The molecule has 0 fully saturated rings. The van der Waals surface area contributed by atoms with Gasteiger partial charge in [0.15, 0.2) is 18.2 Å². The van der Waals surface area contributed by atoms with E-state index in [1.807, 2.05) is 0 Å². The summed E-state index contributed by atoms with van der Waals surface area (Å²) in [6.07, 6.45) is 1.55. The molecule has 3 N–H and O–H groups in total. The molecule has 0 spiro atoms. The summed E-state index contributed by atoms with van der Waals surface area (Å²) in [5.74, 6) is 0.348. The molecule has 0 aliphatic carbocycles. The van der Waals surface area contributed by atoms with Crippen molar-refractivity contribution in [2.75, 3.05) is 17.7 Å². The van der Waals surface area contributed by atoms with Gasteiger partial charge in [-0.05, 0) is 36.4 Å². The Hall–Kier alpha value is -2.27. The Morgan fingerprint density at radius 2 is 2.05 bits per heavy atom. The molecular formula is C13H12ClN3O2.